The van der Waals surface area contributed by atoms with Gasteiger partial charge in [-0.2, -0.15) is 0 Å². The first kappa shape index (κ1) is 29.9. The van der Waals surface area contributed by atoms with E-state index in [0.29, 0.717) is 22.2 Å². The van der Waals surface area contributed by atoms with Crippen LogP contribution in [0, 0.1) is 0 Å². The monoisotopic (exact) mass is 577 g/mol. The van der Waals surface area contributed by atoms with Crippen molar-refractivity contribution in [3.8, 4) is 0 Å². The highest BCUT2D eigenvalue weighted by molar-refractivity contribution is 6.42. The van der Waals surface area contributed by atoms with Gasteiger partial charge in [-0.1, -0.05) is 84.4 Å². The van der Waals surface area contributed by atoms with Gasteiger partial charge in [-0.15, -0.1) is 0 Å². The van der Waals surface area contributed by atoms with Gasteiger partial charge in [0.15, 0.2) is 0 Å². The number of amides is 2. The number of hydrogen-bond acceptors (Lipinski definition) is 3. The standard InChI is InChI=1S/C33H37Cl2N3O2/c1-4-31(39)37(3)33(28-13-9-6-10-14-28)18-21-38(22-19-33)20-17-27(26-15-16-29(34)30(35)23-26)24-36(2)32(40)25-11-7-5-8-12-25/h4-16,23,27H,1,17-22,24H2,2-3H3. The van der Waals surface area contributed by atoms with Crippen molar-refractivity contribution in [2.45, 2.75) is 30.7 Å². The molecule has 40 heavy (non-hydrogen) atoms. The molecule has 1 aliphatic heterocycles. The fourth-order valence-corrected chi connectivity index (χ4v) is 6.05. The lowest BCUT2D eigenvalue weighted by Crippen LogP contribution is -2.53. The van der Waals surface area contributed by atoms with Crippen molar-refractivity contribution in [1.29, 1.82) is 0 Å². The Balaban J connectivity index is 1.48. The van der Waals surface area contributed by atoms with E-state index in [9.17, 15) is 9.59 Å². The third-order valence-corrected chi connectivity index (χ3v) is 8.95. The molecule has 0 saturated carbocycles. The number of benzene rings is 3. The molecule has 0 aliphatic carbocycles. The molecule has 1 unspecified atom stereocenters. The molecule has 210 valence electrons. The first-order chi connectivity index (χ1) is 19.2. The fourth-order valence-electron chi connectivity index (χ4n) is 5.74. The van der Waals surface area contributed by atoms with Crippen LogP contribution in [0.5, 0.6) is 0 Å². The van der Waals surface area contributed by atoms with Gasteiger partial charge in [0.1, 0.15) is 0 Å². The van der Waals surface area contributed by atoms with E-state index >= 15 is 0 Å². The van der Waals surface area contributed by atoms with E-state index in [0.717, 1.165) is 50.0 Å². The Labute approximate surface area is 248 Å². The van der Waals surface area contributed by atoms with Crippen molar-refractivity contribution in [3.63, 3.8) is 0 Å². The number of rotatable bonds is 10. The molecule has 0 spiro atoms. The molecule has 1 aliphatic rings. The minimum atomic E-state index is -0.367. The van der Waals surface area contributed by atoms with Crippen LogP contribution in [-0.4, -0.2) is 66.8 Å². The van der Waals surface area contributed by atoms with Crippen LogP contribution in [0.1, 0.15) is 46.7 Å². The maximum Gasteiger partial charge on any atom is 0.253 e. The Morgan fingerprint density at radius 1 is 0.950 bits per heavy atom. The van der Waals surface area contributed by atoms with Crippen molar-refractivity contribution in [1.82, 2.24) is 14.7 Å². The normalized spacial score (nSPS) is 15.7. The molecular weight excluding hydrogens is 541 g/mol. The van der Waals surface area contributed by atoms with Crippen LogP contribution < -0.4 is 0 Å². The van der Waals surface area contributed by atoms with Crippen molar-refractivity contribution >= 4 is 35.0 Å². The lowest BCUT2D eigenvalue weighted by atomic mass is 9.79. The Kier molecular flexibility index (Phi) is 10.1. The lowest BCUT2D eigenvalue weighted by Gasteiger charge is -2.48. The van der Waals surface area contributed by atoms with E-state index < -0.39 is 0 Å². The molecule has 1 heterocycles. The van der Waals surface area contributed by atoms with Gasteiger partial charge in [0.25, 0.3) is 5.91 Å². The summed E-state index contributed by atoms with van der Waals surface area (Å²) in [7, 11) is 3.73. The number of likely N-dealkylation sites (N-methyl/N-ethyl adjacent to an activating group) is 2. The van der Waals surface area contributed by atoms with E-state index in [4.69, 9.17) is 23.2 Å². The summed E-state index contributed by atoms with van der Waals surface area (Å²) in [5.41, 5.74) is 2.52. The van der Waals surface area contributed by atoms with Gasteiger partial charge in [0, 0.05) is 45.2 Å². The van der Waals surface area contributed by atoms with Crippen LogP contribution in [-0.2, 0) is 10.3 Å². The summed E-state index contributed by atoms with van der Waals surface area (Å²) in [6.07, 6.45) is 3.91. The van der Waals surface area contributed by atoms with Crippen LogP contribution >= 0.6 is 23.2 Å². The van der Waals surface area contributed by atoms with E-state index in [-0.39, 0.29) is 23.3 Å². The molecular formula is C33H37Cl2N3O2. The zero-order valence-corrected chi connectivity index (χ0v) is 24.7. The predicted molar refractivity (Wildman–Crippen MR) is 164 cm³/mol. The summed E-state index contributed by atoms with van der Waals surface area (Å²) in [5.74, 6) is 0.00700. The van der Waals surface area contributed by atoms with Crippen LogP contribution in [0.2, 0.25) is 10.0 Å². The van der Waals surface area contributed by atoms with Crippen LogP contribution in [0.4, 0.5) is 0 Å². The maximum atomic E-state index is 13.1. The molecule has 7 heteroatoms. The van der Waals surface area contributed by atoms with Gasteiger partial charge in [0.2, 0.25) is 5.91 Å². The van der Waals surface area contributed by atoms with Crippen LogP contribution in [0.3, 0.4) is 0 Å². The first-order valence-corrected chi connectivity index (χ1v) is 14.4. The summed E-state index contributed by atoms with van der Waals surface area (Å²) in [6, 6.07) is 25.4. The predicted octanol–water partition coefficient (Wildman–Crippen LogP) is 6.88. The van der Waals surface area contributed by atoms with E-state index in [1.54, 1.807) is 4.90 Å². The summed E-state index contributed by atoms with van der Waals surface area (Å²) in [5, 5.41) is 1.03. The molecule has 0 N–H and O–H groups in total. The summed E-state index contributed by atoms with van der Waals surface area (Å²) in [4.78, 5) is 31.9. The summed E-state index contributed by atoms with van der Waals surface area (Å²) >= 11 is 12.6. The lowest BCUT2D eigenvalue weighted by molar-refractivity contribution is -0.133. The van der Waals surface area contributed by atoms with Gasteiger partial charge < -0.3 is 14.7 Å². The van der Waals surface area contributed by atoms with Crippen LogP contribution in [0.25, 0.3) is 0 Å². The highest BCUT2D eigenvalue weighted by Gasteiger charge is 2.41. The molecule has 3 aromatic rings. The maximum absolute atomic E-state index is 13.1. The van der Waals surface area contributed by atoms with Crippen LogP contribution in [0.15, 0.2) is 91.5 Å². The fraction of sp³-hybridized carbons (Fsp3) is 0.333. The molecule has 0 radical (unpaired) electrons. The number of likely N-dealkylation sites (tertiary alicyclic amines) is 1. The highest BCUT2D eigenvalue weighted by Crippen LogP contribution is 2.39. The second-order valence-corrected chi connectivity index (χ2v) is 11.4. The number of carbonyl (C=O) groups excluding carboxylic acids is 2. The second-order valence-electron chi connectivity index (χ2n) is 10.6. The summed E-state index contributed by atoms with van der Waals surface area (Å²) in [6.45, 7) is 6.85. The third-order valence-electron chi connectivity index (χ3n) is 8.21. The smallest absolute Gasteiger partial charge is 0.253 e. The average molecular weight is 579 g/mol. The van der Waals surface area contributed by atoms with E-state index in [1.807, 2.05) is 85.7 Å². The number of nitrogens with zero attached hydrogens (tertiary/aromatic N) is 3. The Morgan fingerprint density at radius 3 is 2.17 bits per heavy atom. The van der Waals surface area contributed by atoms with Crippen molar-refractivity contribution in [2.75, 3.05) is 40.3 Å². The molecule has 1 atom stereocenters. The molecule has 4 rings (SSSR count). The van der Waals surface area contributed by atoms with Gasteiger partial charge >= 0.3 is 0 Å². The largest absolute Gasteiger partial charge is 0.341 e. The summed E-state index contributed by atoms with van der Waals surface area (Å²) < 4.78 is 0. The number of hydrogen-bond donors (Lipinski definition) is 0. The Hall–Kier alpha value is -3.12. The van der Waals surface area contributed by atoms with Gasteiger partial charge in [-0.25, -0.2) is 0 Å². The Bertz CT molecular complexity index is 1310. The molecule has 5 nitrogen and oxygen atoms in total. The number of piperidine rings is 1. The first-order valence-electron chi connectivity index (χ1n) is 13.7. The van der Waals surface area contributed by atoms with Crippen molar-refractivity contribution < 1.29 is 9.59 Å². The minimum absolute atomic E-state index is 0.00815. The molecule has 2 amide bonds. The highest BCUT2D eigenvalue weighted by atomic mass is 35.5. The number of halogens is 2. The molecule has 1 fully saturated rings. The van der Waals surface area contributed by atoms with Crippen molar-refractivity contribution in [2.24, 2.45) is 0 Å². The topological polar surface area (TPSA) is 43.9 Å². The van der Waals surface area contributed by atoms with Crippen molar-refractivity contribution in [3.05, 3.63) is 118 Å². The van der Waals surface area contributed by atoms with E-state index in [2.05, 4.69) is 23.6 Å². The molecule has 3 aromatic carbocycles. The molecule has 0 aromatic heterocycles. The van der Waals surface area contributed by atoms with Gasteiger partial charge in [-0.3, -0.25) is 9.59 Å². The average Bonchev–Trinajstić information content (AvgIpc) is 3.00. The molecule has 1 saturated heterocycles. The molecule has 0 bridgehead atoms. The van der Waals surface area contributed by atoms with Gasteiger partial charge in [-0.05, 0) is 67.3 Å². The van der Waals surface area contributed by atoms with Gasteiger partial charge in [0.05, 0.1) is 15.6 Å². The zero-order chi connectivity index (χ0) is 28.7. The van der Waals surface area contributed by atoms with E-state index in [1.165, 1.54) is 6.08 Å². The minimum Gasteiger partial charge on any atom is -0.341 e. The quantitative estimate of drug-likeness (QED) is 0.247. The Morgan fingerprint density at radius 2 is 1.57 bits per heavy atom. The SMILES string of the molecule is C=CC(=O)N(C)C1(c2ccccc2)CCN(CCC(CN(C)C(=O)c2ccccc2)c2ccc(Cl)c(Cl)c2)CC1. The second kappa shape index (κ2) is 13.5. The third kappa shape index (κ3) is 6.77. The zero-order valence-electron chi connectivity index (χ0n) is 23.2. The number of carbonyl (C=O) groups is 2.